The van der Waals surface area contributed by atoms with Gasteiger partial charge in [0.25, 0.3) is 0 Å². The highest BCUT2D eigenvalue weighted by molar-refractivity contribution is 5.83. The summed E-state index contributed by atoms with van der Waals surface area (Å²) in [6.45, 7) is 2.51. The monoisotopic (exact) mass is 283 g/mol. The number of carbonyl (C=O) groups excluding carboxylic acids is 1. The van der Waals surface area contributed by atoms with Crippen LogP contribution < -0.4 is 10.1 Å². The van der Waals surface area contributed by atoms with Crippen LogP contribution in [0.5, 0.6) is 5.75 Å². The number of hydrogen-bond acceptors (Lipinski definition) is 2. The number of ether oxygens (including phenoxy) is 1. The van der Waals surface area contributed by atoms with Crippen molar-refractivity contribution in [1.82, 2.24) is 5.32 Å². The van der Waals surface area contributed by atoms with Gasteiger partial charge < -0.3 is 10.1 Å². The molecule has 1 atom stereocenters. The molecule has 3 nitrogen and oxygen atoms in total. The Morgan fingerprint density at radius 2 is 1.76 bits per heavy atom. The lowest BCUT2D eigenvalue weighted by Crippen LogP contribution is -2.28. The zero-order chi connectivity index (χ0) is 15.1. The molecule has 0 aliphatic carbocycles. The molecule has 0 bridgehead atoms. The van der Waals surface area contributed by atoms with Crippen LogP contribution in [0, 0.1) is 0 Å². The minimum atomic E-state index is -0.110. The molecular formula is C18H21NO2. The standard InChI is InChI=1S/C18H21NO2/c1-3-16(14-9-5-4-6-10-14)18(20)19-13-15-11-7-8-12-17(15)21-2/h4-12,16H,3,13H2,1-2H3,(H,19,20)/t16-/m0/s1. The van der Waals surface area contributed by atoms with Crippen LogP contribution >= 0.6 is 0 Å². The van der Waals surface area contributed by atoms with Crippen molar-refractivity contribution >= 4 is 5.91 Å². The molecule has 0 unspecified atom stereocenters. The molecule has 0 spiro atoms. The van der Waals surface area contributed by atoms with Crippen LogP contribution in [0.4, 0.5) is 0 Å². The molecule has 0 aliphatic heterocycles. The average molecular weight is 283 g/mol. The van der Waals surface area contributed by atoms with Crippen LogP contribution in [0.1, 0.15) is 30.4 Å². The predicted octanol–water partition coefficient (Wildman–Crippen LogP) is 3.51. The first-order valence-corrected chi connectivity index (χ1v) is 7.20. The second-order valence-corrected chi connectivity index (χ2v) is 4.90. The summed E-state index contributed by atoms with van der Waals surface area (Å²) in [4.78, 5) is 12.4. The molecule has 0 heterocycles. The zero-order valence-corrected chi connectivity index (χ0v) is 12.5. The number of amides is 1. The molecule has 3 heteroatoms. The summed E-state index contributed by atoms with van der Waals surface area (Å²) < 4.78 is 5.30. The van der Waals surface area contributed by atoms with E-state index in [4.69, 9.17) is 4.74 Å². The Kier molecular flexibility index (Phi) is 5.38. The first-order valence-electron chi connectivity index (χ1n) is 7.20. The predicted molar refractivity (Wildman–Crippen MR) is 84.3 cm³/mol. The van der Waals surface area contributed by atoms with E-state index in [0.29, 0.717) is 6.54 Å². The smallest absolute Gasteiger partial charge is 0.227 e. The Hall–Kier alpha value is -2.29. The number of methoxy groups -OCH3 is 1. The Morgan fingerprint density at radius 1 is 1.10 bits per heavy atom. The van der Waals surface area contributed by atoms with E-state index in [1.807, 2.05) is 61.5 Å². The van der Waals surface area contributed by atoms with Gasteiger partial charge in [0.2, 0.25) is 5.91 Å². The Morgan fingerprint density at radius 3 is 2.43 bits per heavy atom. The molecule has 110 valence electrons. The highest BCUT2D eigenvalue weighted by atomic mass is 16.5. The maximum atomic E-state index is 12.4. The SMILES string of the molecule is CC[C@H](C(=O)NCc1ccccc1OC)c1ccccc1. The van der Waals surface area contributed by atoms with E-state index in [1.54, 1.807) is 7.11 Å². The van der Waals surface area contributed by atoms with E-state index in [-0.39, 0.29) is 11.8 Å². The second kappa shape index (κ2) is 7.48. The third-order valence-corrected chi connectivity index (χ3v) is 3.57. The van der Waals surface area contributed by atoms with Crippen LogP contribution in [0.25, 0.3) is 0 Å². The summed E-state index contributed by atoms with van der Waals surface area (Å²) >= 11 is 0. The van der Waals surface area contributed by atoms with Crippen molar-refractivity contribution < 1.29 is 9.53 Å². The molecule has 0 radical (unpaired) electrons. The number of rotatable bonds is 6. The first-order chi connectivity index (χ1) is 10.3. The highest BCUT2D eigenvalue weighted by Crippen LogP contribution is 2.21. The van der Waals surface area contributed by atoms with Crippen molar-refractivity contribution in [3.05, 3.63) is 65.7 Å². The normalized spacial score (nSPS) is 11.7. The second-order valence-electron chi connectivity index (χ2n) is 4.90. The van der Waals surface area contributed by atoms with Gasteiger partial charge in [0.15, 0.2) is 0 Å². The average Bonchev–Trinajstić information content (AvgIpc) is 2.55. The lowest BCUT2D eigenvalue weighted by molar-refractivity contribution is -0.122. The maximum absolute atomic E-state index is 12.4. The van der Waals surface area contributed by atoms with E-state index < -0.39 is 0 Å². The first kappa shape index (κ1) is 15.1. The lowest BCUT2D eigenvalue weighted by Gasteiger charge is -2.16. The van der Waals surface area contributed by atoms with Gasteiger partial charge in [-0.25, -0.2) is 0 Å². The Balaban J connectivity index is 2.03. The molecule has 2 aromatic carbocycles. The van der Waals surface area contributed by atoms with Gasteiger partial charge in [0.05, 0.1) is 13.0 Å². The van der Waals surface area contributed by atoms with E-state index in [9.17, 15) is 4.79 Å². The molecule has 1 N–H and O–H groups in total. The summed E-state index contributed by atoms with van der Waals surface area (Å²) in [6.07, 6.45) is 0.780. The minimum Gasteiger partial charge on any atom is -0.496 e. The zero-order valence-electron chi connectivity index (χ0n) is 12.5. The fourth-order valence-electron chi connectivity index (χ4n) is 2.41. The Labute approximate surface area is 126 Å². The van der Waals surface area contributed by atoms with Gasteiger partial charge in [-0.05, 0) is 18.1 Å². The van der Waals surface area contributed by atoms with E-state index in [0.717, 1.165) is 23.3 Å². The fourth-order valence-corrected chi connectivity index (χ4v) is 2.41. The van der Waals surface area contributed by atoms with Gasteiger partial charge in [-0.1, -0.05) is 55.5 Å². The third-order valence-electron chi connectivity index (χ3n) is 3.57. The van der Waals surface area contributed by atoms with Crippen molar-refractivity contribution in [2.45, 2.75) is 25.8 Å². The third kappa shape index (κ3) is 3.85. The van der Waals surface area contributed by atoms with Gasteiger partial charge in [-0.15, -0.1) is 0 Å². The molecule has 0 fully saturated rings. The van der Waals surface area contributed by atoms with E-state index in [2.05, 4.69) is 5.32 Å². The van der Waals surface area contributed by atoms with Gasteiger partial charge in [0.1, 0.15) is 5.75 Å². The minimum absolute atomic E-state index is 0.0506. The summed E-state index contributed by atoms with van der Waals surface area (Å²) in [5, 5.41) is 3.00. The van der Waals surface area contributed by atoms with Crippen LogP contribution in [0.15, 0.2) is 54.6 Å². The summed E-state index contributed by atoms with van der Waals surface area (Å²) in [7, 11) is 1.64. The molecule has 0 aromatic heterocycles. The number of carbonyl (C=O) groups is 1. The van der Waals surface area contributed by atoms with Crippen LogP contribution in [-0.2, 0) is 11.3 Å². The van der Waals surface area contributed by atoms with Crippen molar-refractivity contribution in [3.8, 4) is 5.75 Å². The fraction of sp³-hybridized carbons (Fsp3) is 0.278. The van der Waals surface area contributed by atoms with Gasteiger partial charge in [0, 0.05) is 12.1 Å². The van der Waals surface area contributed by atoms with Gasteiger partial charge in [-0.3, -0.25) is 4.79 Å². The number of nitrogens with one attached hydrogen (secondary N) is 1. The Bertz CT molecular complexity index is 581. The molecule has 0 saturated heterocycles. The molecule has 0 saturated carbocycles. The topological polar surface area (TPSA) is 38.3 Å². The maximum Gasteiger partial charge on any atom is 0.227 e. The van der Waals surface area contributed by atoms with E-state index >= 15 is 0 Å². The molecule has 2 rings (SSSR count). The molecule has 0 aliphatic rings. The van der Waals surface area contributed by atoms with Crippen LogP contribution in [0.2, 0.25) is 0 Å². The molecule has 21 heavy (non-hydrogen) atoms. The van der Waals surface area contributed by atoms with Crippen molar-refractivity contribution in [2.75, 3.05) is 7.11 Å². The van der Waals surface area contributed by atoms with Crippen LogP contribution in [-0.4, -0.2) is 13.0 Å². The lowest BCUT2D eigenvalue weighted by atomic mass is 9.95. The summed E-state index contributed by atoms with van der Waals surface area (Å²) in [5.74, 6) is 0.737. The van der Waals surface area contributed by atoms with Crippen LogP contribution in [0.3, 0.4) is 0 Å². The van der Waals surface area contributed by atoms with Crippen molar-refractivity contribution in [2.24, 2.45) is 0 Å². The quantitative estimate of drug-likeness (QED) is 0.881. The largest absolute Gasteiger partial charge is 0.496 e. The summed E-state index contributed by atoms with van der Waals surface area (Å²) in [5.41, 5.74) is 2.04. The molecule has 2 aromatic rings. The molecular weight excluding hydrogens is 262 g/mol. The van der Waals surface area contributed by atoms with Gasteiger partial charge in [-0.2, -0.15) is 0 Å². The van der Waals surface area contributed by atoms with Gasteiger partial charge >= 0.3 is 0 Å². The molecule has 1 amide bonds. The van der Waals surface area contributed by atoms with E-state index in [1.165, 1.54) is 0 Å². The highest BCUT2D eigenvalue weighted by Gasteiger charge is 2.18. The summed E-state index contributed by atoms with van der Waals surface area (Å²) in [6, 6.07) is 17.6. The number of benzene rings is 2. The number of para-hydroxylation sites is 1. The van der Waals surface area contributed by atoms with Crippen molar-refractivity contribution in [3.63, 3.8) is 0 Å². The van der Waals surface area contributed by atoms with Crippen molar-refractivity contribution in [1.29, 1.82) is 0 Å². The number of hydrogen-bond donors (Lipinski definition) is 1.